The Morgan fingerprint density at radius 1 is 1.55 bits per heavy atom. The summed E-state index contributed by atoms with van der Waals surface area (Å²) >= 11 is 0. The molecule has 0 radical (unpaired) electrons. The van der Waals surface area contributed by atoms with Crippen molar-refractivity contribution in [3.8, 4) is 0 Å². The molecule has 1 aliphatic heterocycles. The molecule has 1 aromatic heterocycles. The molecule has 1 fully saturated rings. The molecule has 1 aliphatic rings. The van der Waals surface area contributed by atoms with Crippen molar-refractivity contribution in [2.24, 2.45) is 0 Å². The zero-order valence-electron chi connectivity index (χ0n) is 11.7. The number of aromatic nitrogens is 2. The fraction of sp³-hybridized carbons (Fsp3) is 0.667. The van der Waals surface area contributed by atoms with Crippen LogP contribution in [0.5, 0.6) is 0 Å². The van der Waals surface area contributed by atoms with Crippen LogP contribution in [0.2, 0.25) is 0 Å². The average Bonchev–Trinajstić information content (AvgIpc) is 2.96. The molecule has 7 nitrogen and oxygen atoms in total. The van der Waals surface area contributed by atoms with E-state index in [1.54, 1.807) is 10.9 Å². The minimum Gasteiger partial charge on any atom is -0.350 e. The Labute approximate surface area is 119 Å². The lowest BCUT2D eigenvalue weighted by Crippen LogP contribution is -2.48. The van der Waals surface area contributed by atoms with E-state index < -0.39 is 16.1 Å². The maximum Gasteiger partial charge on any atom is 0.238 e. The molecule has 1 amide bonds. The van der Waals surface area contributed by atoms with Gasteiger partial charge in [0.1, 0.15) is 6.04 Å². The Balaban J connectivity index is 1.94. The Kier molecular flexibility index (Phi) is 4.44. The molecule has 0 unspecified atom stereocenters. The summed E-state index contributed by atoms with van der Waals surface area (Å²) in [6.45, 7) is 2.86. The Hall–Kier alpha value is -1.41. The van der Waals surface area contributed by atoms with Crippen LogP contribution in [-0.2, 0) is 21.4 Å². The molecule has 0 aromatic carbocycles. The highest BCUT2D eigenvalue weighted by Crippen LogP contribution is 2.20. The van der Waals surface area contributed by atoms with Gasteiger partial charge in [-0.05, 0) is 25.8 Å². The second kappa shape index (κ2) is 5.92. The van der Waals surface area contributed by atoms with Gasteiger partial charge in [0, 0.05) is 25.0 Å². The summed E-state index contributed by atoms with van der Waals surface area (Å²) in [6.07, 6.45) is 5.94. The van der Waals surface area contributed by atoms with Gasteiger partial charge in [-0.1, -0.05) is 0 Å². The predicted molar refractivity (Wildman–Crippen MR) is 74.4 cm³/mol. The predicted octanol–water partition coefficient (Wildman–Crippen LogP) is -0.188. The SMILES string of the molecule is C[C@@H](Cn1cccn1)NC(=O)[C@@H]1CCCN1S(C)(=O)=O. The van der Waals surface area contributed by atoms with Crippen LogP contribution in [0.3, 0.4) is 0 Å². The van der Waals surface area contributed by atoms with Crippen LogP contribution in [0, 0.1) is 0 Å². The van der Waals surface area contributed by atoms with Gasteiger partial charge in [0.05, 0.1) is 12.8 Å². The van der Waals surface area contributed by atoms with E-state index in [-0.39, 0.29) is 11.9 Å². The minimum absolute atomic E-state index is 0.107. The number of hydrogen-bond donors (Lipinski definition) is 1. The quantitative estimate of drug-likeness (QED) is 0.817. The van der Waals surface area contributed by atoms with Gasteiger partial charge >= 0.3 is 0 Å². The van der Waals surface area contributed by atoms with Gasteiger partial charge in [0.15, 0.2) is 0 Å². The van der Waals surface area contributed by atoms with Gasteiger partial charge in [0.25, 0.3) is 0 Å². The third kappa shape index (κ3) is 3.57. The number of nitrogens with one attached hydrogen (secondary N) is 1. The van der Waals surface area contributed by atoms with Crippen molar-refractivity contribution in [1.82, 2.24) is 19.4 Å². The van der Waals surface area contributed by atoms with Gasteiger partial charge in [-0.25, -0.2) is 8.42 Å². The molecule has 0 saturated carbocycles. The lowest BCUT2D eigenvalue weighted by molar-refractivity contribution is -0.124. The van der Waals surface area contributed by atoms with Crippen molar-refractivity contribution in [1.29, 1.82) is 0 Å². The van der Waals surface area contributed by atoms with Crippen molar-refractivity contribution in [3.05, 3.63) is 18.5 Å². The van der Waals surface area contributed by atoms with Gasteiger partial charge in [-0.3, -0.25) is 9.48 Å². The summed E-state index contributed by atoms with van der Waals surface area (Å²) in [5, 5.41) is 6.93. The van der Waals surface area contributed by atoms with Crippen LogP contribution in [0.4, 0.5) is 0 Å². The van der Waals surface area contributed by atoms with Crippen LogP contribution >= 0.6 is 0 Å². The first-order valence-corrected chi connectivity index (χ1v) is 8.47. The maximum absolute atomic E-state index is 12.2. The van der Waals surface area contributed by atoms with Gasteiger partial charge < -0.3 is 5.32 Å². The van der Waals surface area contributed by atoms with E-state index in [1.165, 1.54) is 4.31 Å². The first-order valence-electron chi connectivity index (χ1n) is 6.62. The van der Waals surface area contributed by atoms with Gasteiger partial charge in [-0.15, -0.1) is 0 Å². The van der Waals surface area contributed by atoms with E-state index in [2.05, 4.69) is 10.4 Å². The second-order valence-electron chi connectivity index (χ2n) is 5.17. The molecule has 1 saturated heterocycles. The topological polar surface area (TPSA) is 84.3 Å². The molecule has 1 N–H and O–H groups in total. The molecule has 0 spiro atoms. The fourth-order valence-electron chi connectivity index (χ4n) is 2.47. The van der Waals surface area contributed by atoms with Crippen molar-refractivity contribution in [2.45, 2.75) is 38.4 Å². The number of carbonyl (C=O) groups excluding carboxylic acids is 1. The number of sulfonamides is 1. The molecule has 112 valence electrons. The smallest absolute Gasteiger partial charge is 0.238 e. The monoisotopic (exact) mass is 300 g/mol. The van der Waals surface area contributed by atoms with Crippen LogP contribution in [0.25, 0.3) is 0 Å². The summed E-state index contributed by atoms with van der Waals surface area (Å²) < 4.78 is 26.3. The van der Waals surface area contributed by atoms with Crippen LogP contribution < -0.4 is 5.32 Å². The van der Waals surface area contributed by atoms with Crippen molar-refractivity contribution < 1.29 is 13.2 Å². The van der Waals surface area contributed by atoms with E-state index in [0.29, 0.717) is 19.5 Å². The summed E-state index contributed by atoms with van der Waals surface area (Å²) in [7, 11) is -3.33. The largest absolute Gasteiger partial charge is 0.350 e. The number of carbonyl (C=O) groups is 1. The number of amides is 1. The van der Waals surface area contributed by atoms with E-state index in [0.717, 1.165) is 12.7 Å². The molecule has 2 heterocycles. The van der Waals surface area contributed by atoms with Gasteiger partial charge in [0.2, 0.25) is 15.9 Å². The van der Waals surface area contributed by atoms with E-state index in [1.807, 2.05) is 19.2 Å². The van der Waals surface area contributed by atoms with Crippen molar-refractivity contribution >= 4 is 15.9 Å². The molecule has 20 heavy (non-hydrogen) atoms. The standard InChI is InChI=1S/C12H20N4O3S/c1-10(9-15-7-4-6-13-15)14-12(17)11-5-3-8-16(11)20(2,18)19/h4,6-7,10-11H,3,5,8-9H2,1-2H3,(H,14,17)/t10-,11-/m0/s1. The fourth-order valence-corrected chi connectivity index (χ4v) is 3.60. The zero-order chi connectivity index (χ0) is 14.8. The molecular weight excluding hydrogens is 280 g/mol. The maximum atomic E-state index is 12.2. The average molecular weight is 300 g/mol. The molecule has 2 rings (SSSR count). The summed E-state index contributed by atoms with van der Waals surface area (Å²) in [5.74, 6) is -0.229. The molecular formula is C12H20N4O3S. The van der Waals surface area contributed by atoms with Crippen molar-refractivity contribution in [2.75, 3.05) is 12.8 Å². The third-order valence-electron chi connectivity index (χ3n) is 3.34. The summed E-state index contributed by atoms with van der Waals surface area (Å²) in [4.78, 5) is 12.2. The lowest BCUT2D eigenvalue weighted by atomic mass is 10.2. The van der Waals surface area contributed by atoms with E-state index >= 15 is 0 Å². The number of nitrogens with zero attached hydrogens (tertiary/aromatic N) is 3. The number of hydrogen-bond acceptors (Lipinski definition) is 4. The molecule has 2 atom stereocenters. The van der Waals surface area contributed by atoms with Crippen LogP contribution in [-0.4, -0.2) is 53.3 Å². The Morgan fingerprint density at radius 3 is 2.90 bits per heavy atom. The van der Waals surface area contributed by atoms with E-state index in [9.17, 15) is 13.2 Å². The molecule has 0 bridgehead atoms. The highest BCUT2D eigenvalue weighted by molar-refractivity contribution is 7.88. The second-order valence-corrected chi connectivity index (χ2v) is 7.10. The zero-order valence-corrected chi connectivity index (χ0v) is 12.5. The van der Waals surface area contributed by atoms with Crippen molar-refractivity contribution in [3.63, 3.8) is 0 Å². The first kappa shape index (κ1) is 15.0. The number of rotatable bonds is 5. The normalized spacial score (nSPS) is 21.8. The third-order valence-corrected chi connectivity index (χ3v) is 4.63. The van der Waals surface area contributed by atoms with Crippen LogP contribution in [0.15, 0.2) is 18.5 Å². The molecule has 8 heteroatoms. The highest BCUT2D eigenvalue weighted by atomic mass is 32.2. The minimum atomic E-state index is -3.33. The first-order chi connectivity index (χ1) is 9.38. The van der Waals surface area contributed by atoms with Gasteiger partial charge in [-0.2, -0.15) is 9.40 Å². The Bertz CT molecular complexity index is 555. The lowest BCUT2D eigenvalue weighted by Gasteiger charge is -2.23. The molecule has 0 aliphatic carbocycles. The van der Waals surface area contributed by atoms with E-state index in [4.69, 9.17) is 0 Å². The summed E-state index contributed by atoms with van der Waals surface area (Å²) in [5.41, 5.74) is 0. The Morgan fingerprint density at radius 2 is 2.30 bits per heavy atom. The molecule has 1 aromatic rings. The van der Waals surface area contributed by atoms with Crippen LogP contribution in [0.1, 0.15) is 19.8 Å². The highest BCUT2D eigenvalue weighted by Gasteiger charge is 2.36. The summed E-state index contributed by atoms with van der Waals surface area (Å²) in [6, 6.07) is 1.13.